The molecule has 0 saturated carbocycles. The molecule has 0 spiro atoms. The Morgan fingerprint density at radius 1 is 1.40 bits per heavy atom. The molecule has 1 heterocycles. The number of carbonyl (C=O) groups is 1. The van der Waals surface area contributed by atoms with Crippen LogP contribution >= 0.6 is 0 Å². The second kappa shape index (κ2) is 6.03. The van der Waals surface area contributed by atoms with E-state index in [1.807, 2.05) is 0 Å². The Morgan fingerprint density at radius 3 is 2.95 bits per heavy atom. The van der Waals surface area contributed by atoms with Crippen LogP contribution in [0.15, 0.2) is 39.6 Å². The van der Waals surface area contributed by atoms with E-state index >= 15 is 0 Å². The van der Waals surface area contributed by atoms with Gasteiger partial charge in [0, 0.05) is 30.6 Å². The number of nitrogens with one attached hydrogen (secondary N) is 1. The Balaban J connectivity index is 2.29. The molecule has 0 atom stereocenters. The summed E-state index contributed by atoms with van der Waals surface area (Å²) >= 11 is 0. The zero-order chi connectivity index (χ0) is 14.5. The molecule has 2 aromatic rings. The minimum Gasteiger partial charge on any atom is -0.508 e. The van der Waals surface area contributed by atoms with Crippen molar-refractivity contribution in [3.8, 4) is 5.75 Å². The van der Waals surface area contributed by atoms with Crippen molar-refractivity contribution >= 4 is 23.0 Å². The molecular weight excluding hydrogens is 260 g/mol. The molecule has 0 radical (unpaired) electrons. The number of carbonyl (C=O) groups excluding carboxylic acids is 1. The molecule has 6 nitrogen and oxygen atoms in total. The lowest BCUT2D eigenvalue weighted by Crippen LogP contribution is -2.27. The molecule has 0 aliphatic carbocycles. The summed E-state index contributed by atoms with van der Waals surface area (Å²) < 4.78 is 5.07. The van der Waals surface area contributed by atoms with Crippen molar-refractivity contribution in [2.75, 3.05) is 13.1 Å². The van der Waals surface area contributed by atoms with Crippen LogP contribution in [0.1, 0.15) is 5.56 Å². The highest BCUT2D eigenvalue weighted by molar-refractivity contribution is 5.92. The number of aromatic hydroxyl groups is 1. The van der Waals surface area contributed by atoms with Crippen molar-refractivity contribution in [2.45, 2.75) is 0 Å². The quantitative estimate of drug-likeness (QED) is 0.559. The molecule has 0 unspecified atom stereocenters. The summed E-state index contributed by atoms with van der Waals surface area (Å²) in [5, 5.41) is 12.5. The van der Waals surface area contributed by atoms with Gasteiger partial charge >= 0.3 is 5.63 Å². The first-order chi connectivity index (χ1) is 9.60. The van der Waals surface area contributed by atoms with Crippen molar-refractivity contribution in [1.82, 2.24) is 5.32 Å². The van der Waals surface area contributed by atoms with Gasteiger partial charge in [-0.3, -0.25) is 4.79 Å². The molecule has 4 N–H and O–H groups in total. The maximum Gasteiger partial charge on any atom is 0.343 e. The number of phenolic OH excluding ortho intramolecular Hbond substituents is 1. The van der Waals surface area contributed by atoms with Crippen LogP contribution < -0.4 is 16.7 Å². The van der Waals surface area contributed by atoms with Crippen LogP contribution in [0.4, 0.5) is 0 Å². The number of rotatable bonds is 4. The van der Waals surface area contributed by atoms with E-state index in [-0.39, 0.29) is 17.2 Å². The van der Waals surface area contributed by atoms with E-state index in [4.69, 9.17) is 10.2 Å². The molecule has 0 aliphatic rings. The summed E-state index contributed by atoms with van der Waals surface area (Å²) in [7, 11) is 0. The lowest BCUT2D eigenvalue weighted by Gasteiger charge is -2.00. The normalized spacial score (nSPS) is 11.1. The van der Waals surface area contributed by atoms with Crippen molar-refractivity contribution in [1.29, 1.82) is 0 Å². The van der Waals surface area contributed by atoms with Gasteiger partial charge in [0.05, 0.1) is 5.56 Å². The first-order valence-corrected chi connectivity index (χ1v) is 6.03. The molecule has 2 rings (SSSR count). The third-order valence-corrected chi connectivity index (χ3v) is 2.60. The van der Waals surface area contributed by atoms with E-state index in [9.17, 15) is 14.7 Å². The lowest BCUT2D eigenvalue weighted by atomic mass is 10.1. The van der Waals surface area contributed by atoms with Gasteiger partial charge in [-0.2, -0.15) is 0 Å². The minimum atomic E-state index is -0.578. The highest BCUT2D eigenvalue weighted by atomic mass is 16.4. The Labute approximate surface area is 114 Å². The molecule has 0 aliphatic heterocycles. The third kappa shape index (κ3) is 3.24. The van der Waals surface area contributed by atoms with Crippen molar-refractivity contribution in [3.63, 3.8) is 0 Å². The topological polar surface area (TPSA) is 106 Å². The Bertz CT molecular complexity index is 719. The summed E-state index contributed by atoms with van der Waals surface area (Å²) in [4.78, 5) is 23.1. The van der Waals surface area contributed by atoms with Gasteiger partial charge in [0.25, 0.3) is 0 Å². The predicted octanol–water partition coefficient (Wildman–Crippen LogP) is 0.587. The van der Waals surface area contributed by atoms with E-state index in [0.29, 0.717) is 24.1 Å². The average Bonchev–Trinajstić information content (AvgIpc) is 2.42. The molecule has 20 heavy (non-hydrogen) atoms. The monoisotopic (exact) mass is 274 g/mol. The molecule has 104 valence electrons. The van der Waals surface area contributed by atoms with Crippen LogP contribution in [0.25, 0.3) is 17.0 Å². The standard InChI is InChI=1S/C14H14N2O4/c15-5-6-16-13(18)4-2-10-7-9-1-3-11(17)8-12(9)20-14(10)19/h1-4,7-8,17H,5-6,15H2,(H,16,18)/b4-2+. The summed E-state index contributed by atoms with van der Waals surface area (Å²) in [5.41, 5.74) is 5.23. The van der Waals surface area contributed by atoms with Crippen LogP contribution in [0.5, 0.6) is 5.75 Å². The van der Waals surface area contributed by atoms with E-state index < -0.39 is 5.63 Å². The first kappa shape index (κ1) is 13.8. The van der Waals surface area contributed by atoms with Gasteiger partial charge in [0.15, 0.2) is 0 Å². The molecule has 6 heteroatoms. The van der Waals surface area contributed by atoms with Gasteiger partial charge in [-0.25, -0.2) is 4.79 Å². The van der Waals surface area contributed by atoms with Gasteiger partial charge in [-0.05, 0) is 24.3 Å². The second-order valence-electron chi connectivity index (χ2n) is 4.12. The fourth-order valence-corrected chi connectivity index (χ4v) is 1.65. The third-order valence-electron chi connectivity index (χ3n) is 2.60. The predicted molar refractivity (Wildman–Crippen MR) is 75.2 cm³/mol. The van der Waals surface area contributed by atoms with Crippen molar-refractivity contribution < 1.29 is 14.3 Å². The number of benzene rings is 1. The maximum atomic E-state index is 11.7. The van der Waals surface area contributed by atoms with E-state index in [0.717, 1.165) is 0 Å². The van der Waals surface area contributed by atoms with E-state index in [2.05, 4.69) is 5.32 Å². The molecule has 1 aromatic heterocycles. The molecule has 0 bridgehead atoms. The number of hydrogen-bond donors (Lipinski definition) is 3. The number of nitrogens with two attached hydrogens (primary N) is 1. The summed E-state index contributed by atoms with van der Waals surface area (Å²) in [6.07, 6.45) is 2.62. The zero-order valence-corrected chi connectivity index (χ0v) is 10.6. The van der Waals surface area contributed by atoms with Gasteiger partial charge < -0.3 is 20.6 Å². The number of amides is 1. The zero-order valence-electron chi connectivity index (χ0n) is 10.6. The van der Waals surface area contributed by atoms with Crippen LogP contribution in [-0.4, -0.2) is 24.1 Å². The molecule has 0 saturated heterocycles. The first-order valence-electron chi connectivity index (χ1n) is 6.03. The fraction of sp³-hybridized carbons (Fsp3) is 0.143. The minimum absolute atomic E-state index is 0.0186. The Kier molecular flexibility index (Phi) is 4.17. The van der Waals surface area contributed by atoms with Crippen molar-refractivity contribution in [3.05, 3.63) is 46.3 Å². The van der Waals surface area contributed by atoms with Gasteiger partial charge in [0.2, 0.25) is 5.91 Å². The summed E-state index contributed by atoms with van der Waals surface area (Å²) in [6, 6.07) is 6.06. The van der Waals surface area contributed by atoms with Crippen LogP contribution in [0.3, 0.4) is 0 Å². The Hall–Kier alpha value is -2.60. The van der Waals surface area contributed by atoms with Gasteiger partial charge in [-0.15, -0.1) is 0 Å². The van der Waals surface area contributed by atoms with Crippen molar-refractivity contribution in [2.24, 2.45) is 5.73 Å². The summed E-state index contributed by atoms with van der Waals surface area (Å²) in [5.74, 6) is -0.314. The molecular formula is C14H14N2O4. The van der Waals surface area contributed by atoms with Crippen LogP contribution in [0, 0.1) is 0 Å². The summed E-state index contributed by atoms with van der Waals surface area (Å²) in [6.45, 7) is 0.718. The van der Waals surface area contributed by atoms with Gasteiger partial charge in [-0.1, -0.05) is 0 Å². The lowest BCUT2D eigenvalue weighted by molar-refractivity contribution is -0.116. The smallest absolute Gasteiger partial charge is 0.343 e. The van der Waals surface area contributed by atoms with E-state index in [1.165, 1.54) is 24.3 Å². The maximum absolute atomic E-state index is 11.7. The van der Waals surface area contributed by atoms with Gasteiger partial charge in [0.1, 0.15) is 11.3 Å². The Morgan fingerprint density at radius 2 is 2.20 bits per heavy atom. The highest BCUT2D eigenvalue weighted by Gasteiger charge is 2.04. The van der Waals surface area contributed by atoms with Crippen LogP contribution in [0.2, 0.25) is 0 Å². The highest BCUT2D eigenvalue weighted by Crippen LogP contribution is 2.19. The number of phenols is 1. The number of fused-ring (bicyclic) bond motifs is 1. The average molecular weight is 274 g/mol. The number of hydrogen-bond acceptors (Lipinski definition) is 5. The molecule has 0 fully saturated rings. The fourth-order valence-electron chi connectivity index (χ4n) is 1.65. The van der Waals surface area contributed by atoms with Crippen LogP contribution in [-0.2, 0) is 4.79 Å². The molecule has 1 aromatic carbocycles. The second-order valence-corrected chi connectivity index (χ2v) is 4.12. The SMILES string of the molecule is NCCNC(=O)/C=C/c1cc2ccc(O)cc2oc1=O. The molecule has 1 amide bonds. The largest absolute Gasteiger partial charge is 0.508 e. The van der Waals surface area contributed by atoms with E-state index in [1.54, 1.807) is 12.1 Å².